The van der Waals surface area contributed by atoms with E-state index < -0.39 is 0 Å². The van der Waals surface area contributed by atoms with Gasteiger partial charge in [-0.1, -0.05) is 12.1 Å². The summed E-state index contributed by atoms with van der Waals surface area (Å²) < 4.78 is 10.6. The average molecular weight is 437 g/mol. The summed E-state index contributed by atoms with van der Waals surface area (Å²) in [4.78, 5) is 31.4. The van der Waals surface area contributed by atoms with Crippen LogP contribution in [0.5, 0.6) is 5.75 Å². The molecule has 6 nitrogen and oxygen atoms in total. The molecule has 5 rings (SSSR count). The Morgan fingerprint density at radius 2 is 2.00 bits per heavy atom. The maximum absolute atomic E-state index is 13.5. The first-order valence-corrected chi connectivity index (χ1v) is 11.4. The molecule has 1 aliphatic heterocycles. The van der Waals surface area contributed by atoms with E-state index in [1.165, 1.54) is 16.7 Å². The van der Waals surface area contributed by atoms with Crippen LogP contribution in [0.3, 0.4) is 0 Å². The zero-order chi connectivity index (χ0) is 21.4. The average Bonchev–Trinajstić information content (AvgIpc) is 3.27. The van der Waals surface area contributed by atoms with Crippen molar-refractivity contribution in [2.24, 2.45) is 0 Å². The Hall–Kier alpha value is -3.06. The SMILES string of the molecule is COc1ccc(C2c3ccsc3CCN2C(=O)CN(C(=O)c2ccco2)C2CC2)cc1. The maximum atomic E-state index is 13.5. The molecule has 1 aliphatic carbocycles. The van der Waals surface area contributed by atoms with Crippen LogP contribution < -0.4 is 4.74 Å². The molecule has 0 radical (unpaired) electrons. The highest BCUT2D eigenvalue weighted by molar-refractivity contribution is 7.10. The number of carbonyl (C=O) groups excluding carboxylic acids is 2. The molecule has 1 aromatic carbocycles. The van der Waals surface area contributed by atoms with Crippen LogP contribution in [0, 0.1) is 0 Å². The number of fused-ring (bicyclic) bond motifs is 1. The van der Waals surface area contributed by atoms with Crippen molar-refractivity contribution in [2.45, 2.75) is 31.3 Å². The van der Waals surface area contributed by atoms with Gasteiger partial charge in [0.2, 0.25) is 5.91 Å². The topological polar surface area (TPSA) is 63.0 Å². The second-order valence-electron chi connectivity index (χ2n) is 7.95. The molecule has 2 aliphatic rings. The monoisotopic (exact) mass is 436 g/mol. The summed E-state index contributed by atoms with van der Waals surface area (Å²) in [5, 5.41) is 2.09. The van der Waals surface area contributed by atoms with E-state index in [2.05, 4.69) is 11.4 Å². The Morgan fingerprint density at radius 3 is 2.68 bits per heavy atom. The third-order valence-corrected chi connectivity index (χ3v) is 7.00. The number of thiophene rings is 1. The first-order valence-electron chi connectivity index (χ1n) is 10.5. The lowest BCUT2D eigenvalue weighted by molar-refractivity contribution is -0.134. The number of hydrogen-bond donors (Lipinski definition) is 0. The number of benzene rings is 1. The number of rotatable bonds is 6. The summed E-state index contributed by atoms with van der Waals surface area (Å²) in [5.41, 5.74) is 2.22. The van der Waals surface area contributed by atoms with Crippen LogP contribution in [-0.2, 0) is 11.2 Å². The molecule has 1 unspecified atom stereocenters. The van der Waals surface area contributed by atoms with Crippen molar-refractivity contribution in [3.05, 3.63) is 75.9 Å². The van der Waals surface area contributed by atoms with E-state index in [1.807, 2.05) is 29.2 Å². The number of hydrogen-bond acceptors (Lipinski definition) is 5. The standard InChI is InChI=1S/C24H24N2O4S/c1-29-18-8-4-16(5-9-18)23-19-11-14-31-21(19)10-12-25(23)22(27)15-26(17-6-7-17)24(28)20-3-2-13-30-20/h2-5,8-9,11,13-14,17,23H,6-7,10,12,15H2,1H3. The van der Waals surface area contributed by atoms with Crippen LogP contribution in [0.1, 0.15) is 45.4 Å². The Morgan fingerprint density at radius 1 is 1.19 bits per heavy atom. The normalized spacial score (nSPS) is 17.8. The molecule has 1 saturated carbocycles. The second-order valence-corrected chi connectivity index (χ2v) is 8.95. The lowest BCUT2D eigenvalue weighted by Crippen LogP contribution is -2.47. The minimum absolute atomic E-state index is 0.0375. The van der Waals surface area contributed by atoms with Crippen molar-refractivity contribution in [3.8, 4) is 5.75 Å². The number of methoxy groups -OCH3 is 1. The van der Waals surface area contributed by atoms with Gasteiger partial charge in [-0.2, -0.15) is 0 Å². The lowest BCUT2D eigenvalue weighted by Gasteiger charge is -2.37. The highest BCUT2D eigenvalue weighted by atomic mass is 32.1. The fourth-order valence-electron chi connectivity index (χ4n) is 4.26. The van der Waals surface area contributed by atoms with Crippen molar-refractivity contribution in [1.82, 2.24) is 9.80 Å². The van der Waals surface area contributed by atoms with Crippen LogP contribution in [0.4, 0.5) is 0 Å². The van der Waals surface area contributed by atoms with Gasteiger partial charge in [-0.25, -0.2) is 0 Å². The number of amides is 2. The predicted octanol–water partition coefficient (Wildman–Crippen LogP) is 4.13. The summed E-state index contributed by atoms with van der Waals surface area (Å²) in [6, 6.07) is 13.3. The Bertz CT molecular complexity index is 1070. The summed E-state index contributed by atoms with van der Waals surface area (Å²) >= 11 is 1.74. The van der Waals surface area contributed by atoms with E-state index in [0.717, 1.165) is 30.6 Å². The zero-order valence-electron chi connectivity index (χ0n) is 17.3. The van der Waals surface area contributed by atoms with Crippen LogP contribution in [0.25, 0.3) is 0 Å². The largest absolute Gasteiger partial charge is 0.497 e. The molecule has 0 N–H and O–H groups in total. The zero-order valence-corrected chi connectivity index (χ0v) is 18.1. The van der Waals surface area contributed by atoms with Crippen molar-refractivity contribution in [1.29, 1.82) is 0 Å². The quantitative estimate of drug-likeness (QED) is 0.583. The highest BCUT2D eigenvalue weighted by Gasteiger charge is 2.39. The molecule has 3 heterocycles. The van der Waals surface area contributed by atoms with Crippen LogP contribution in [0.2, 0.25) is 0 Å². The molecular formula is C24H24N2O4S. The van der Waals surface area contributed by atoms with Crippen molar-refractivity contribution >= 4 is 23.2 Å². The molecule has 7 heteroatoms. The molecule has 2 aromatic heterocycles. The van der Waals surface area contributed by atoms with Gasteiger partial charge in [-0.15, -0.1) is 11.3 Å². The van der Waals surface area contributed by atoms with Gasteiger partial charge in [-0.05, 0) is 66.1 Å². The molecule has 0 spiro atoms. The Kier molecular flexibility index (Phi) is 5.28. The van der Waals surface area contributed by atoms with Gasteiger partial charge >= 0.3 is 0 Å². The minimum atomic E-state index is -0.213. The molecule has 31 heavy (non-hydrogen) atoms. The van der Waals surface area contributed by atoms with Gasteiger partial charge in [0.1, 0.15) is 12.3 Å². The Labute approximate surface area is 185 Å². The van der Waals surface area contributed by atoms with E-state index in [-0.39, 0.29) is 36.2 Å². The van der Waals surface area contributed by atoms with Crippen LogP contribution >= 0.6 is 11.3 Å². The first kappa shape index (κ1) is 19.9. The third-order valence-electron chi connectivity index (χ3n) is 6.00. The van der Waals surface area contributed by atoms with Crippen LogP contribution in [-0.4, -0.2) is 47.9 Å². The van der Waals surface area contributed by atoms with Crippen LogP contribution in [0.15, 0.2) is 58.5 Å². The molecule has 1 atom stereocenters. The molecule has 1 fully saturated rings. The molecule has 160 valence electrons. The Balaban J connectivity index is 1.42. The summed E-state index contributed by atoms with van der Waals surface area (Å²) in [7, 11) is 1.64. The number of carbonyl (C=O) groups is 2. The van der Waals surface area contributed by atoms with E-state index in [9.17, 15) is 9.59 Å². The number of ether oxygens (including phenoxy) is 1. The number of nitrogens with zero attached hydrogens (tertiary/aromatic N) is 2. The second kappa shape index (κ2) is 8.23. The summed E-state index contributed by atoms with van der Waals surface area (Å²) in [5.74, 6) is 0.816. The predicted molar refractivity (Wildman–Crippen MR) is 117 cm³/mol. The smallest absolute Gasteiger partial charge is 0.290 e. The van der Waals surface area contributed by atoms with Gasteiger partial charge < -0.3 is 19.0 Å². The van der Waals surface area contributed by atoms with Crippen molar-refractivity contribution in [2.75, 3.05) is 20.2 Å². The van der Waals surface area contributed by atoms with E-state index in [1.54, 1.807) is 35.5 Å². The molecule has 0 bridgehead atoms. The van der Waals surface area contributed by atoms with E-state index in [4.69, 9.17) is 9.15 Å². The lowest BCUT2D eigenvalue weighted by atomic mass is 9.93. The van der Waals surface area contributed by atoms with Crippen molar-refractivity contribution < 1.29 is 18.7 Å². The first-order chi connectivity index (χ1) is 15.2. The number of furan rings is 1. The van der Waals surface area contributed by atoms with Crippen molar-refractivity contribution in [3.63, 3.8) is 0 Å². The molecule has 0 saturated heterocycles. The molecule has 3 aromatic rings. The van der Waals surface area contributed by atoms with E-state index in [0.29, 0.717) is 6.54 Å². The minimum Gasteiger partial charge on any atom is -0.497 e. The van der Waals surface area contributed by atoms with Gasteiger partial charge in [-0.3, -0.25) is 9.59 Å². The van der Waals surface area contributed by atoms with Gasteiger partial charge in [0.05, 0.1) is 19.4 Å². The fraction of sp³-hybridized carbons (Fsp3) is 0.333. The van der Waals surface area contributed by atoms with Gasteiger partial charge in [0.25, 0.3) is 5.91 Å². The van der Waals surface area contributed by atoms with E-state index >= 15 is 0 Å². The molecular weight excluding hydrogens is 412 g/mol. The summed E-state index contributed by atoms with van der Waals surface area (Å²) in [6.45, 7) is 0.701. The maximum Gasteiger partial charge on any atom is 0.290 e. The molecule has 2 amide bonds. The summed E-state index contributed by atoms with van der Waals surface area (Å²) in [6.07, 6.45) is 4.18. The van der Waals surface area contributed by atoms with Gasteiger partial charge in [0.15, 0.2) is 5.76 Å². The van der Waals surface area contributed by atoms with Gasteiger partial charge in [0, 0.05) is 17.5 Å². The highest BCUT2D eigenvalue weighted by Crippen LogP contribution is 2.38. The fourth-order valence-corrected chi connectivity index (χ4v) is 5.17. The third kappa shape index (κ3) is 3.85.